The van der Waals surface area contributed by atoms with Gasteiger partial charge in [-0.15, -0.1) is 6.42 Å². The minimum absolute atomic E-state index is 0.0413. The molecule has 1 unspecified atom stereocenters. The normalized spacial score (nSPS) is 15.3. The van der Waals surface area contributed by atoms with E-state index >= 15 is 0 Å². The van der Waals surface area contributed by atoms with Crippen LogP contribution in [0.2, 0.25) is 10.0 Å². The molecule has 1 rings (SSSR count). The van der Waals surface area contributed by atoms with Crippen molar-refractivity contribution in [2.45, 2.75) is 11.8 Å². The number of benzene rings is 1. The molecule has 0 aromatic heterocycles. The average molecular weight is 269 g/mol. The Kier molecular flexibility index (Phi) is 3.44. The van der Waals surface area contributed by atoms with Gasteiger partial charge in [0.1, 0.15) is 0 Å². The predicted molar refractivity (Wildman–Crippen MR) is 55.2 cm³/mol. The van der Waals surface area contributed by atoms with Crippen molar-refractivity contribution in [2.24, 2.45) is 0 Å². The molecule has 0 saturated carbocycles. The Morgan fingerprint density at radius 2 is 1.56 bits per heavy atom. The number of halogens is 5. The molecular weight excluding hydrogens is 264 g/mol. The van der Waals surface area contributed by atoms with Gasteiger partial charge in [-0.1, -0.05) is 29.1 Å². The van der Waals surface area contributed by atoms with Gasteiger partial charge in [-0.3, -0.25) is 0 Å². The molecule has 0 amide bonds. The first-order valence-corrected chi connectivity index (χ1v) is 4.70. The van der Waals surface area contributed by atoms with E-state index in [4.69, 9.17) is 29.6 Å². The molecule has 0 aliphatic heterocycles. The molecule has 86 valence electrons. The van der Waals surface area contributed by atoms with Gasteiger partial charge in [-0.25, -0.2) is 0 Å². The first kappa shape index (κ1) is 13.2. The van der Waals surface area contributed by atoms with Crippen molar-refractivity contribution in [3.8, 4) is 12.3 Å². The van der Waals surface area contributed by atoms with Gasteiger partial charge < -0.3 is 5.11 Å². The van der Waals surface area contributed by atoms with Crippen molar-refractivity contribution in [3.05, 3.63) is 33.8 Å². The molecule has 0 radical (unpaired) electrons. The van der Waals surface area contributed by atoms with Gasteiger partial charge in [0.25, 0.3) is 0 Å². The fraction of sp³-hybridized carbons (Fsp3) is 0.200. The summed E-state index contributed by atoms with van der Waals surface area (Å²) in [5.41, 5.74) is -3.97. The Morgan fingerprint density at radius 3 is 1.88 bits per heavy atom. The van der Waals surface area contributed by atoms with E-state index in [0.717, 1.165) is 12.1 Å². The summed E-state index contributed by atoms with van der Waals surface area (Å²) in [6.07, 6.45) is -0.285. The van der Waals surface area contributed by atoms with Crippen LogP contribution in [0.5, 0.6) is 0 Å². The molecule has 0 bridgehead atoms. The Morgan fingerprint density at radius 1 is 1.12 bits per heavy atom. The molecule has 6 heteroatoms. The van der Waals surface area contributed by atoms with Gasteiger partial charge in [0.05, 0.1) is 0 Å². The molecule has 0 saturated heterocycles. The zero-order chi connectivity index (χ0) is 12.6. The predicted octanol–water partition coefficient (Wildman–Crippen LogP) is 3.38. The van der Waals surface area contributed by atoms with Crippen LogP contribution < -0.4 is 0 Å². The lowest BCUT2D eigenvalue weighted by molar-refractivity contribution is -0.240. The second-order valence-corrected chi connectivity index (χ2v) is 3.88. The molecule has 0 aliphatic rings. The monoisotopic (exact) mass is 268 g/mol. The van der Waals surface area contributed by atoms with Crippen molar-refractivity contribution in [1.82, 2.24) is 0 Å². The van der Waals surface area contributed by atoms with E-state index in [1.165, 1.54) is 12.0 Å². The fourth-order valence-corrected chi connectivity index (χ4v) is 1.62. The minimum Gasteiger partial charge on any atom is -0.366 e. The Hall–Kier alpha value is -0.890. The summed E-state index contributed by atoms with van der Waals surface area (Å²) < 4.78 is 37.7. The lowest BCUT2D eigenvalue weighted by Crippen LogP contribution is -2.40. The van der Waals surface area contributed by atoms with Crippen LogP contribution in [-0.2, 0) is 5.60 Å². The first-order chi connectivity index (χ1) is 7.20. The number of aliphatic hydroxyl groups is 1. The van der Waals surface area contributed by atoms with Crippen LogP contribution in [-0.4, -0.2) is 11.3 Å². The van der Waals surface area contributed by atoms with Gasteiger partial charge >= 0.3 is 6.18 Å². The van der Waals surface area contributed by atoms with Gasteiger partial charge in [-0.05, 0) is 18.2 Å². The van der Waals surface area contributed by atoms with E-state index in [9.17, 15) is 18.3 Å². The van der Waals surface area contributed by atoms with E-state index in [1.54, 1.807) is 0 Å². The van der Waals surface area contributed by atoms with E-state index in [0.29, 0.717) is 0 Å². The molecule has 1 aromatic rings. The smallest absolute Gasteiger partial charge is 0.366 e. The molecular formula is C10H5Cl2F3O. The maximum Gasteiger partial charge on any atom is 0.433 e. The second-order valence-electron chi connectivity index (χ2n) is 3.01. The summed E-state index contributed by atoms with van der Waals surface area (Å²) in [4.78, 5) is 0. The first-order valence-electron chi connectivity index (χ1n) is 3.94. The minimum atomic E-state index is -5.00. The fourth-order valence-electron chi connectivity index (χ4n) is 1.09. The topological polar surface area (TPSA) is 20.2 Å². The maximum atomic E-state index is 12.6. The number of terminal acetylenes is 1. The van der Waals surface area contributed by atoms with Crippen LogP contribution >= 0.6 is 23.2 Å². The molecule has 0 spiro atoms. The summed E-state index contributed by atoms with van der Waals surface area (Å²) in [5.74, 6) is 1.30. The van der Waals surface area contributed by atoms with Crippen molar-refractivity contribution in [1.29, 1.82) is 0 Å². The average Bonchev–Trinajstić information content (AvgIpc) is 2.13. The molecule has 1 N–H and O–H groups in total. The third kappa shape index (κ3) is 2.27. The number of hydrogen-bond donors (Lipinski definition) is 1. The highest BCUT2D eigenvalue weighted by molar-refractivity contribution is 6.34. The molecule has 1 nitrogen and oxygen atoms in total. The molecule has 1 atom stereocenters. The summed E-state index contributed by atoms with van der Waals surface area (Å²) in [6.45, 7) is 0. The van der Waals surface area contributed by atoms with Gasteiger partial charge in [-0.2, -0.15) is 13.2 Å². The van der Waals surface area contributed by atoms with Gasteiger partial charge in [0.2, 0.25) is 5.60 Å². The van der Waals surface area contributed by atoms with Gasteiger partial charge in [0, 0.05) is 15.6 Å². The van der Waals surface area contributed by atoms with Crippen molar-refractivity contribution < 1.29 is 18.3 Å². The highest BCUT2D eigenvalue weighted by Gasteiger charge is 2.54. The molecule has 1 aromatic carbocycles. The van der Waals surface area contributed by atoms with Crippen LogP contribution in [0.25, 0.3) is 0 Å². The van der Waals surface area contributed by atoms with Crippen LogP contribution in [0.15, 0.2) is 18.2 Å². The molecule has 0 aliphatic carbocycles. The number of hydrogen-bond acceptors (Lipinski definition) is 1. The van der Waals surface area contributed by atoms with Crippen molar-refractivity contribution in [2.75, 3.05) is 0 Å². The van der Waals surface area contributed by atoms with Crippen LogP contribution in [0.1, 0.15) is 5.56 Å². The van der Waals surface area contributed by atoms with Crippen LogP contribution in [0.4, 0.5) is 13.2 Å². The Bertz CT molecular complexity index is 430. The van der Waals surface area contributed by atoms with Crippen LogP contribution in [0, 0.1) is 12.3 Å². The summed E-state index contributed by atoms with van der Waals surface area (Å²) in [6, 6.07) is 3.07. The van der Waals surface area contributed by atoms with E-state index in [2.05, 4.69) is 0 Å². The third-order valence-corrected chi connectivity index (χ3v) is 2.34. The summed E-state index contributed by atoms with van der Waals surface area (Å²) >= 11 is 11.1. The van der Waals surface area contributed by atoms with Crippen molar-refractivity contribution in [3.63, 3.8) is 0 Å². The number of rotatable bonds is 1. The van der Waals surface area contributed by atoms with Gasteiger partial charge in [0.15, 0.2) is 0 Å². The zero-order valence-corrected chi connectivity index (χ0v) is 9.16. The Balaban J connectivity index is 3.41. The van der Waals surface area contributed by atoms with E-state index < -0.39 is 17.3 Å². The largest absolute Gasteiger partial charge is 0.433 e. The molecule has 0 heterocycles. The zero-order valence-electron chi connectivity index (χ0n) is 7.65. The summed E-state index contributed by atoms with van der Waals surface area (Å²) in [5, 5.41) is 9.32. The highest BCUT2D eigenvalue weighted by Crippen LogP contribution is 2.40. The lowest BCUT2D eigenvalue weighted by atomic mass is 9.94. The second kappa shape index (κ2) is 4.17. The lowest BCUT2D eigenvalue weighted by Gasteiger charge is -2.25. The molecule has 16 heavy (non-hydrogen) atoms. The summed E-state index contributed by atoms with van der Waals surface area (Å²) in [7, 11) is 0. The van der Waals surface area contributed by atoms with Crippen molar-refractivity contribution >= 4 is 23.2 Å². The Labute approximate surface area is 99.8 Å². The van der Waals surface area contributed by atoms with E-state index in [-0.39, 0.29) is 10.0 Å². The van der Waals surface area contributed by atoms with Crippen LogP contribution in [0.3, 0.4) is 0 Å². The maximum absolute atomic E-state index is 12.6. The molecule has 0 fully saturated rings. The number of alkyl halides is 3. The van der Waals surface area contributed by atoms with E-state index in [1.807, 2.05) is 0 Å². The quantitative estimate of drug-likeness (QED) is 0.775. The highest BCUT2D eigenvalue weighted by atomic mass is 35.5. The third-order valence-electron chi connectivity index (χ3n) is 1.90. The standard InChI is InChI=1S/C10H5Cl2F3O/c1-2-9(16,10(13,14)15)6-3-7(11)5-8(12)4-6/h1,3-5,16H. The SMILES string of the molecule is C#CC(O)(c1cc(Cl)cc(Cl)c1)C(F)(F)F.